The van der Waals surface area contributed by atoms with E-state index >= 15 is 0 Å². The summed E-state index contributed by atoms with van der Waals surface area (Å²) >= 11 is 0. The number of amides is 3. The summed E-state index contributed by atoms with van der Waals surface area (Å²) in [4.78, 5) is 73.0. The molecule has 2 aromatic carbocycles. The Kier molecular flexibility index (Phi) is 11.3. The maximum atomic E-state index is 14.2. The third-order valence-electron chi connectivity index (χ3n) is 7.56. The van der Waals surface area contributed by atoms with Crippen LogP contribution in [-0.2, 0) is 35.1 Å². The van der Waals surface area contributed by atoms with Gasteiger partial charge in [0.2, 0.25) is 11.8 Å². The van der Waals surface area contributed by atoms with Gasteiger partial charge in [-0.05, 0) is 73.9 Å². The van der Waals surface area contributed by atoms with Crippen molar-refractivity contribution < 1.29 is 38.2 Å². The van der Waals surface area contributed by atoms with E-state index in [1.807, 2.05) is 12.1 Å². The molecule has 1 aliphatic heterocycles. The fourth-order valence-corrected chi connectivity index (χ4v) is 5.23. The molecule has 1 aromatic heterocycles. The molecule has 4 rings (SSSR count). The number of ether oxygens (including phenoxy) is 3. The van der Waals surface area contributed by atoms with Crippen molar-refractivity contribution in [3.8, 4) is 16.9 Å². The highest BCUT2D eigenvalue weighted by Gasteiger charge is 2.42. The normalized spacial score (nSPS) is 15.4. The third kappa shape index (κ3) is 9.38. The second-order valence-corrected chi connectivity index (χ2v) is 12.1. The van der Waals surface area contributed by atoms with E-state index in [1.54, 1.807) is 88.8 Å². The van der Waals surface area contributed by atoms with E-state index in [-0.39, 0.29) is 26.1 Å². The van der Waals surface area contributed by atoms with Gasteiger partial charge in [-0.25, -0.2) is 0 Å². The summed E-state index contributed by atoms with van der Waals surface area (Å²) in [6.07, 6.45) is 3.04. The van der Waals surface area contributed by atoms with Crippen molar-refractivity contribution in [3.05, 3.63) is 84.2 Å². The largest absolute Gasteiger partial charge is 0.497 e. The first-order valence-corrected chi connectivity index (χ1v) is 15.2. The fourth-order valence-electron chi connectivity index (χ4n) is 5.23. The molecule has 3 aromatic rings. The number of carbonyl (C=O) groups is 5. The summed E-state index contributed by atoms with van der Waals surface area (Å²) in [6.45, 7) is 4.87. The van der Waals surface area contributed by atoms with Gasteiger partial charge in [0, 0.05) is 37.5 Å². The molecule has 12 nitrogen and oxygen atoms in total. The van der Waals surface area contributed by atoms with Gasteiger partial charge in [0.25, 0.3) is 5.91 Å². The van der Waals surface area contributed by atoms with Gasteiger partial charge in [-0.1, -0.05) is 24.3 Å². The van der Waals surface area contributed by atoms with Crippen LogP contribution in [0.3, 0.4) is 0 Å². The number of rotatable bonds is 11. The molecule has 2 unspecified atom stereocenters. The Bertz CT molecular complexity index is 1570. The maximum absolute atomic E-state index is 14.2. The Morgan fingerprint density at radius 1 is 0.894 bits per heavy atom. The van der Waals surface area contributed by atoms with E-state index in [0.29, 0.717) is 11.3 Å². The number of esters is 2. The first-order valence-electron chi connectivity index (χ1n) is 15.2. The minimum atomic E-state index is -1.25. The van der Waals surface area contributed by atoms with E-state index in [2.05, 4.69) is 10.3 Å². The highest BCUT2D eigenvalue weighted by Crippen LogP contribution is 2.22. The highest BCUT2D eigenvalue weighted by molar-refractivity contribution is 6.00. The van der Waals surface area contributed by atoms with E-state index in [9.17, 15) is 24.0 Å². The minimum absolute atomic E-state index is 0.0185. The Balaban J connectivity index is 1.59. The van der Waals surface area contributed by atoms with Crippen molar-refractivity contribution in [1.82, 2.24) is 20.1 Å². The molecule has 2 atom stereocenters. The van der Waals surface area contributed by atoms with Gasteiger partial charge in [0.05, 0.1) is 20.6 Å². The molecule has 1 N–H and O–H groups in total. The Morgan fingerprint density at radius 2 is 1.53 bits per heavy atom. The van der Waals surface area contributed by atoms with Crippen molar-refractivity contribution in [2.24, 2.45) is 0 Å². The zero-order chi connectivity index (χ0) is 34.1. The van der Waals surface area contributed by atoms with Gasteiger partial charge in [-0.2, -0.15) is 0 Å². The van der Waals surface area contributed by atoms with Crippen LogP contribution >= 0.6 is 0 Å². The van der Waals surface area contributed by atoms with Crippen molar-refractivity contribution in [1.29, 1.82) is 0 Å². The monoisotopic (exact) mass is 644 g/mol. The molecule has 0 spiro atoms. The summed E-state index contributed by atoms with van der Waals surface area (Å²) in [7, 11) is 2.73. The van der Waals surface area contributed by atoms with E-state index in [4.69, 9.17) is 14.2 Å². The Morgan fingerprint density at radius 3 is 2.13 bits per heavy atom. The summed E-state index contributed by atoms with van der Waals surface area (Å²) in [5, 5.41) is 2.85. The van der Waals surface area contributed by atoms with E-state index < -0.39 is 53.8 Å². The number of hydrogen-bond acceptors (Lipinski definition) is 9. The van der Waals surface area contributed by atoms with Crippen LogP contribution < -0.4 is 10.1 Å². The van der Waals surface area contributed by atoms with Crippen molar-refractivity contribution in [2.75, 3.05) is 33.9 Å². The average Bonchev–Trinajstić information content (AvgIpc) is 3.05. The molecular weight excluding hydrogens is 604 g/mol. The first-order chi connectivity index (χ1) is 22.4. The molecule has 0 bridgehead atoms. The van der Waals surface area contributed by atoms with Crippen LogP contribution in [0.2, 0.25) is 0 Å². The number of piperazine rings is 1. The molecule has 3 amide bonds. The van der Waals surface area contributed by atoms with Crippen LogP contribution in [0, 0.1) is 0 Å². The van der Waals surface area contributed by atoms with Crippen molar-refractivity contribution in [2.45, 2.75) is 51.3 Å². The van der Waals surface area contributed by atoms with Crippen LogP contribution in [0.25, 0.3) is 11.1 Å². The number of pyridine rings is 1. The lowest BCUT2D eigenvalue weighted by Crippen LogP contribution is -2.63. The van der Waals surface area contributed by atoms with Crippen molar-refractivity contribution in [3.63, 3.8) is 0 Å². The SMILES string of the molecule is COC(=O)CC1C(=O)N(CC(=O)OC(C)(C)C)CCN1C(=O)C(Cc1ccc(OC)cc1)NC(=O)c1ccc(-c2ccncc2)cc1. The van der Waals surface area contributed by atoms with Crippen LogP contribution in [0.15, 0.2) is 73.1 Å². The smallest absolute Gasteiger partial charge is 0.326 e. The van der Waals surface area contributed by atoms with Gasteiger partial charge in [0.1, 0.15) is 30.0 Å². The Hall–Kier alpha value is -5.26. The predicted molar refractivity (Wildman–Crippen MR) is 172 cm³/mol. The lowest BCUT2D eigenvalue weighted by Gasteiger charge is -2.41. The summed E-state index contributed by atoms with van der Waals surface area (Å²) in [5.74, 6) is -2.33. The average molecular weight is 645 g/mol. The lowest BCUT2D eigenvalue weighted by atomic mass is 10.00. The van der Waals surface area contributed by atoms with Crippen LogP contribution in [0.5, 0.6) is 5.75 Å². The third-order valence-corrected chi connectivity index (χ3v) is 7.56. The molecule has 248 valence electrons. The van der Waals surface area contributed by atoms with Gasteiger partial charge >= 0.3 is 11.9 Å². The van der Waals surface area contributed by atoms with Crippen LogP contribution in [0.4, 0.5) is 0 Å². The summed E-state index contributed by atoms with van der Waals surface area (Å²) < 4.78 is 15.5. The zero-order valence-corrected chi connectivity index (χ0v) is 27.2. The highest BCUT2D eigenvalue weighted by atomic mass is 16.6. The summed E-state index contributed by atoms with van der Waals surface area (Å²) in [5.41, 5.74) is 2.14. The maximum Gasteiger partial charge on any atom is 0.326 e. The standard InChI is InChI=1S/C35H40N4O8/c1-35(2,3)47-31(41)22-38-18-19-39(29(34(38)44)21-30(40)46-5)33(43)28(20-23-6-12-27(45-4)13-7-23)37-32(42)26-10-8-24(9-11-26)25-14-16-36-17-15-25/h6-17,28-29H,18-22H2,1-5H3,(H,37,42). The van der Waals surface area contributed by atoms with E-state index in [1.165, 1.54) is 16.9 Å². The molecule has 0 radical (unpaired) electrons. The molecular formula is C35H40N4O8. The number of methoxy groups -OCH3 is 2. The number of benzene rings is 2. The summed E-state index contributed by atoms with van der Waals surface area (Å²) in [6, 6.07) is 15.4. The molecule has 12 heteroatoms. The van der Waals surface area contributed by atoms with Gasteiger partial charge < -0.3 is 29.3 Å². The number of nitrogens with zero attached hydrogens (tertiary/aromatic N) is 3. The molecule has 2 heterocycles. The fraction of sp³-hybridized carbons (Fsp3) is 0.371. The quantitative estimate of drug-likeness (QED) is 0.312. The molecule has 0 saturated carbocycles. The van der Waals surface area contributed by atoms with Gasteiger partial charge in [-0.3, -0.25) is 29.0 Å². The number of nitrogens with one attached hydrogen (secondary N) is 1. The molecule has 1 fully saturated rings. The van der Waals surface area contributed by atoms with Crippen LogP contribution in [0.1, 0.15) is 43.1 Å². The van der Waals surface area contributed by atoms with Gasteiger partial charge in [0.15, 0.2) is 0 Å². The molecule has 47 heavy (non-hydrogen) atoms. The molecule has 0 aliphatic carbocycles. The second-order valence-electron chi connectivity index (χ2n) is 12.1. The van der Waals surface area contributed by atoms with Crippen LogP contribution in [-0.4, -0.2) is 96.0 Å². The first kappa shape index (κ1) is 34.6. The minimum Gasteiger partial charge on any atom is -0.497 e. The topological polar surface area (TPSA) is 144 Å². The molecule has 1 aliphatic rings. The Labute approximate surface area is 274 Å². The van der Waals surface area contributed by atoms with Gasteiger partial charge in [-0.15, -0.1) is 0 Å². The number of hydrogen-bond donors (Lipinski definition) is 1. The number of aromatic nitrogens is 1. The second kappa shape index (κ2) is 15.4. The van der Waals surface area contributed by atoms with Crippen molar-refractivity contribution >= 4 is 29.7 Å². The lowest BCUT2D eigenvalue weighted by molar-refractivity contribution is -0.164. The predicted octanol–water partition coefficient (Wildman–Crippen LogP) is 3.04. The van der Waals surface area contributed by atoms with E-state index in [0.717, 1.165) is 16.7 Å². The zero-order valence-electron chi connectivity index (χ0n) is 27.2. The number of carbonyl (C=O) groups excluding carboxylic acids is 5. The molecule has 1 saturated heterocycles.